The standard InChI is InChI=1S/C38H52N2O4/c1-6-38(42)19-16-32-30-13-12-28-24-29(14-17-35(28,4)31(30)15-18-36(32,38)5)40-44-25-33(41)39-22-20-37(27-10-8-7-9-11-27)21-23-43-34(2,3)26-37/h1,7-11,24,30-32,42H,12-23,25-26H2,2-5H3,(H,39,41)/t30-,31-,32-,35+,36+,37+,38+/m1/s1. The Morgan fingerprint density at radius 1 is 1.07 bits per heavy atom. The van der Waals surface area contributed by atoms with Gasteiger partial charge in [0.1, 0.15) is 5.60 Å². The van der Waals surface area contributed by atoms with Gasteiger partial charge >= 0.3 is 0 Å². The molecule has 0 unspecified atom stereocenters. The maximum Gasteiger partial charge on any atom is 0.260 e. The van der Waals surface area contributed by atoms with Gasteiger partial charge in [0.2, 0.25) is 0 Å². The fourth-order valence-corrected chi connectivity index (χ4v) is 10.4. The average molecular weight is 601 g/mol. The minimum Gasteiger partial charge on any atom is -0.385 e. The van der Waals surface area contributed by atoms with Crippen LogP contribution in [0.1, 0.15) is 104 Å². The summed E-state index contributed by atoms with van der Waals surface area (Å²) in [6.07, 6.45) is 18.9. The Bertz CT molecular complexity index is 1350. The Labute approximate surface area is 264 Å². The van der Waals surface area contributed by atoms with Crippen LogP contribution in [0.4, 0.5) is 0 Å². The van der Waals surface area contributed by atoms with E-state index in [9.17, 15) is 9.90 Å². The number of hydrogen-bond donors (Lipinski definition) is 2. The maximum atomic E-state index is 12.7. The third-order valence-corrected chi connectivity index (χ3v) is 12.9. The predicted molar refractivity (Wildman–Crippen MR) is 174 cm³/mol. The van der Waals surface area contributed by atoms with Crippen LogP contribution < -0.4 is 5.32 Å². The topological polar surface area (TPSA) is 80.2 Å². The van der Waals surface area contributed by atoms with Crippen molar-refractivity contribution < 1.29 is 19.5 Å². The fourth-order valence-electron chi connectivity index (χ4n) is 10.4. The summed E-state index contributed by atoms with van der Waals surface area (Å²) in [4.78, 5) is 18.3. The molecule has 1 saturated heterocycles. The first-order valence-electron chi connectivity index (χ1n) is 17.0. The van der Waals surface area contributed by atoms with Crippen LogP contribution in [0.5, 0.6) is 0 Å². The molecule has 1 amide bonds. The lowest BCUT2D eigenvalue weighted by atomic mass is 9.46. The monoisotopic (exact) mass is 600 g/mol. The number of ether oxygens (including phenoxy) is 1. The first-order valence-corrected chi connectivity index (χ1v) is 17.0. The van der Waals surface area contributed by atoms with Crippen molar-refractivity contribution in [2.75, 3.05) is 19.8 Å². The van der Waals surface area contributed by atoms with Gasteiger partial charge in [0.05, 0.1) is 11.3 Å². The smallest absolute Gasteiger partial charge is 0.260 e. The zero-order chi connectivity index (χ0) is 31.2. The molecule has 1 aromatic carbocycles. The van der Waals surface area contributed by atoms with Gasteiger partial charge in [0.25, 0.3) is 5.91 Å². The van der Waals surface area contributed by atoms with E-state index in [1.807, 2.05) is 0 Å². The maximum absolute atomic E-state index is 12.7. The highest BCUT2D eigenvalue weighted by molar-refractivity contribution is 5.96. The van der Waals surface area contributed by atoms with Crippen LogP contribution >= 0.6 is 0 Å². The first kappa shape index (κ1) is 31.4. The fraction of sp³-hybridized carbons (Fsp3) is 0.684. The van der Waals surface area contributed by atoms with Gasteiger partial charge in [-0.15, -0.1) is 6.42 Å². The van der Waals surface area contributed by atoms with E-state index in [1.54, 1.807) is 0 Å². The molecule has 4 aliphatic carbocycles. The minimum absolute atomic E-state index is 0.0193. The molecule has 0 bridgehead atoms. The van der Waals surface area contributed by atoms with E-state index >= 15 is 0 Å². The van der Waals surface area contributed by atoms with E-state index in [-0.39, 0.29) is 34.4 Å². The van der Waals surface area contributed by atoms with Crippen molar-refractivity contribution in [2.45, 2.75) is 115 Å². The van der Waals surface area contributed by atoms with E-state index < -0.39 is 5.60 Å². The summed E-state index contributed by atoms with van der Waals surface area (Å²) in [6.45, 7) is 10.3. The number of fused-ring (bicyclic) bond motifs is 5. The van der Waals surface area contributed by atoms with Crippen LogP contribution in [0.25, 0.3) is 0 Å². The molecule has 6 nitrogen and oxygen atoms in total. The largest absolute Gasteiger partial charge is 0.385 e. The van der Waals surface area contributed by atoms with Gasteiger partial charge in [-0.1, -0.05) is 60.8 Å². The number of oxime groups is 1. The second-order valence-corrected chi connectivity index (χ2v) is 15.6. The molecule has 7 atom stereocenters. The lowest BCUT2D eigenvalue weighted by Gasteiger charge is -2.58. The van der Waals surface area contributed by atoms with Gasteiger partial charge in [-0.2, -0.15) is 0 Å². The molecule has 1 aromatic rings. The highest BCUT2D eigenvalue weighted by Gasteiger charge is 2.63. The molecule has 0 aromatic heterocycles. The summed E-state index contributed by atoms with van der Waals surface area (Å²) < 4.78 is 6.04. The molecule has 238 valence electrons. The van der Waals surface area contributed by atoms with Gasteiger partial charge in [-0.3, -0.25) is 4.79 Å². The Morgan fingerprint density at radius 3 is 2.59 bits per heavy atom. The summed E-state index contributed by atoms with van der Waals surface area (Å²) in [5.74, 6) is 4.39. The van der Waals surface area contributed by atoms with E-state index in [0.717, 1.165) is 82.9 Å². The Hall–Kier alpha value is -2.62. The summed E-state index contributed by atoms with van der Waals surface area (Å²) in [5, 5.41) is 18.8. The number of hydrogen-bond acceptors (Lipinski definition) is 5. The van der Waals surface area contributed by atoms with Crippen molar-refractivity contribution in [2.24, 2.45) is 33.7 Å². The number of aliphatic hydroxyl groups is 1. The summed E-state index contributed by atoms with van der Waals surface area (Å²) in [5.41, 5.74) is 2.57. The molecule has 5 aliphatic rings. The number of nitrogens with zero attached hydrogens (tertiary/aromatic N) is 1. The van der Waals surface area contributed by atoms with Crippen LogP contribution in [0.2, 0.25) is 0 Å². The summed E-state index contributed by atoms with van der Waals surface area (Å²) >= 11 is 0. The van der Waals surface area contributed by atoms with Gasteiger partial charge in [0, 0.05) is 24.0 Å². The SMILES string of the molecule is C#C[C@]1(O)CC[C@@H]2[C@@H]3CCC4=CC(=NOCC(=O)NCC[C@]5(c6ccccc6)CCOC(C)(C)C5)CC[C@]4(C)[C@@H]3CC[C@@]21C. The van der Waals surface area contributed by atoms with Crippen molar-refractivity contribution in [3.05, 3.63) is 47.5 Å². The first-order chi connectivity index (χ1) is 20.9. The van der Waals surface area contributed by atoms with Crippen molar-refractivity contribution in [3.8, 4) is 12.3 Å². The third kappa shape index (κ3) is 5.43. The van der Waals surface area contributed by atoms with Gasteiger partial charge in [0.15, 0.2) is 6.61 Å². The highest BCUT2D eigenvalue weighted by Crippen LogP contribution is 2.67. The number of terminal acetylenes is 1. The zero-order valence-electron chi connectivity index (χ0n) is 27.3. The van der Waals surface area contributed by atoms with E-state index in [0.29, 0.717) is 24.3 Å². The number of allylic oxidation sites excluding steroid dienone is 2. The number of carbonyl (C=O) groups is 1. The van der Waals surface area contributed by atoms with Crippen LogP contribution in [0, 0.1) is 40.9 Å². The molecule has 1 heterocycles. The van der Waals surface area contributed by atoms with Crippen molar-refractivity contribution in [1.82, 2.24) is 5.32 Å². The number of nitrogens with one attached hydrogen (secondary N) is 1. The van der Waals surface area contributed by atoms with Gasteiger partial charge < -0.3 is 20.0 Å². The zero-order valence-corrected chi connectivity index (χ0v) is 27.3. The third-order valence-electron chi connectivity index (χ3n) is 12.9. The van der Waals surface area contributed by atoms with Gasteiger partial charge in [-0.05, 0) is 119 Å². The second-order valence-electron chi connectivity index (χ2n) is 15.6. The molecule has 1 aliphatic heterocycles. The Kier molecular flexibility index (Phi) is 8.29. The number of rotatable bonds is 7. The lowest BCUT2D eigenvalue weighted by molar-refractivity contribution is -0.125. The molecule has 0 radical (unpaired) electrons. The van der Waals surface area contributed by atoms with Crippen molar-refractivity contribution >= 4 is 11.6 Å². The quantitative estimate of drug-likeness (QED) is 0.269. The number of benzene rings is 1. The Morgan fingerprint density at radius 2 is 1.84 bits per heavy atom. The summed E-state index contributed by atoms with van der Waals surface area (Å²) in [7, 11) is 0. The molecule has 4 fully saturated rings. The second kappa shape index (κ2) is 11.6. The molecular formula is C38H52N2O4. The van der Waals surface area contributed by atoms with E-state index in [4.69, 9.17) is 16.0 Å². The van der Waals surface area contributed by atoms with Crippen LogP contribution in [0.15, 0.2) is 47.1 Å². The van der Waals surface area contributed by atoms with E-state index in [2.05, 4.69) is 80.5 Å². The van der Waals surface area contributed by atoms with Crippen molar-refractivity contribution in [3.63, 3.8) is 0 Å². The van der Waals surface area contributed by atoms with Crippen molar-refractivity contribution in [1.29, 1.82) is 0 Å². The summed E-state index contributed by atoms with van der Waals surface area (Å²) in [6, 6.07) is 10.7. The lowest BCUT2D eigenvalue weighted by Crippen LogP contribution is -2.54. The predicted octanol–water partition coefficient (Wildman–Crippen LogP) is 6.72. The highest BCUT2D eigenvalue weighted by atomic mass is 16.6. The van der Waals surface area contributed by atoms with Crippen LogP contribution in [0.3, 0.4) is 0 Å². The normalized spacial score (nSPS) is 40.1. The molecule has 2 N–H and O–H groups in total. The molecule has 3 saturated carbocycles. The molecule has 0 spiro atoms. The molecule has 6 rings (SSSR count). The van der Waals surface area contributed by atoms with Crippen LogP contribution in [-0.2, 0) is 19.8 Å². The van der Waals surface area contributed by atoms with Crippen LogP contribution in [-0.4, -0.2) is 47.7 Å². The number of amides is 1. The average Bonchev–Trinajstić information content (AvgIpc) is 3.28. The Balaban J connectivity index is 1.03. The number of carbonyl (C=O) groups excluding carboxylic acids is 1. The van der Waals surface area contributed by atoms with Gasteiger partial charge in [-0.25, -0.2) is 0 Å². The molecule has 6 heteroatoms. The molecule has 44 heavy (non-hydrogen) atoms. The van der Waals surface area contributed by atoms with E-state index in [1.165, 1.54) is 11.1 Å². The minimum atomic E-state index is -0.958. The molecular weight excluding hydrogens is 548 g/mol.